The van der Waals surface area contributed by atoms with E-state index in [-0.39, 0.29) is 23.3 Å². The monoisotopic (exact) mass is 396 g/mol. The Morgan fingerprint density at radius 2 is 1.67 bits per heavy atom. The number of benzene rings is 1. The molecule has 2 saturated heterocycles. The summed E-state index contributed by atoms with van der Waals surface area (Å²) in [5.74, 6) is -0.566. The normalized spacial score (nSPS) is 19.4. The molecule has 0 atom stereocenters. The van der Waals surface area contributed by atoms with Crippen LogP contribution in [0, 0.1) is 11.7 Å². The zero-order chi connectivity index (χ0) is 17.1. The number of likely N-dealkylation sites (tertiary alicyclic amines) is 2. The summed E-state index contributed by atoms with van der Waals surface area (Å²) in [4.78, 5) is 28.7. The zero-order valence-electron chi connectivity index (χ0n) is 13.6. The van der Waals surface area contributed by atoms with Crippen LogP contribution in [0.5, 0.6) is 0 Å². The molecule has 0 unspecified atom stereocenters. The maximum atomic E-state index is 14.0. The van der Waals surface area contributed by atoms with Gasteiger partial charge >= 0.3 is 0 Å². The minimum Gasteiger partial charge on any atom is -0.342 e. The van der Waals surface area contributed by atoms with Gasteiger partial charge in [-0.3, -0.25) is 9.59 Å². The van der Waals surface area contributed by atoms with Gasteiger partial charge in [0.25, 0.3) is 5.91 Å². The van der Waals surface area contributed by atoms with E-state index in [1.807, 2.05) is 4.90 Å². The Morgan fingerprint density at radius 3 is 2.29 bits per heavy atom. The average Bonchev–Trinajstić information content (AvgIpc) is 2.61. The van der Waals surface area contributed by atoms with E-state index in [4.69, 9.17) is 0 Å². The van der Waals surface area contributed by atoms with Crippen molar-refractivity contribution in [2.75, 3.05) is 26.2 Å². The predicted molar refractivity (Wildman–Crippen MR) is 93.2 cm³/mol. The Balaban J connectivity index is 1.58. The summed E-state index contributed by atoms with van der Waals surface area (Å²) in [6.07, 6.45) is 4.71. The van der Waals surface area contributed by atoms with E-state index in [2.05, 4.69) is 15.9 Å². The summed E-state index contributed by atoms with van der Waals surface area (Å²) in [6, 6.07) is 4.48. The van der Waals surface area contributed by atoms with Crippen molar-refractivity contribution in [2.45, 2.75) is 32.1 Å². The van der Waals surface area contributed by atoms with E-state index in [0.29, 0.717) is 30.4 Å². The van der Waals surface area contributed by atoms with Gasteiger partial charge in [0.2, 0.25) is 5.91 Å². The van der Waals surface area contributed by atoms with Gasteiger partial charge in [-0.05, 0) is 50.3 Å². The molecule has 3 rings (SSSR count). The first kappa shape index (κ1) is 17.4. The van der Waals surface area contributed by atoms with Gasteiger partial charge in [-0.15, -0.1) is 0 Å². The highest BCUT2D eigenvalue weighted by Crippen LogP contribution is 2.24. The summed E-state index contributed by atoms with van der Waals surface area (Å²) in [5.41, 5.74) is 0.0963. The highest BCUT2D eigenvalue weighted by Gasteiger charge is 2.31. The molecule has 4 nitrogen and oxygen atoms in total. The van der Waals surface area contributed by atoms with Gasteiger partial charge in [-0.1, -0.05) is 15.9 Å². The van der Waals surface area contributed by atoms with Gasteiger partial charge in [0.15, 0.2) is 0 Å². The van der Waals surface area contributed by atoms with Crippen LogP contribution >= 0.6 is 15.9 Å². The fourth-order valence-corrected chi connectivity index (χ4v) is 3.87. The molecule has 2 aliphatic heterocycles. The van der Waals surface area contributed by atoms with E-state index in [1.54, 1.807) is 11.0 Å². The molecule has 24 heavy (non-hydrogen) atoms. The van der Waals surface area contributed by atoms with Crippen LogP contribution in [-0.4, -0.2) is 47.8 Å². The minimum absolute atomic E-state index is 0.00177. The van der Waals surface area contributed by atoms with Crippen molar-refractivity contribution in [3.05, 3.63) is 34.1 Å². The number of rotatable bonds is 2. The molecule has 2 fully saturated rings. The van der Waals surface area contributed by atoms with Crippen molar-refractivity contribution in [3.63, 3.8) is 0 Å². The molecule has 1 aromatic carbocycles. The van der Waals surface area contributed by atoms with Crippen LogP contribution in [0.15, 0.2) is 22.7 Å². The third-order valence-electron chi connectivity index (χ3n) is 4.96. The zero-order valence-corrected chi connectivity index (χ0v) is 15.2. The molecule has 0 spiro atoms. The first-order chi connectivity index (χ1) is 11.6. The molecule has 0 aromatic heterocycles. The lowest BCUT2D eigenvalue weighted by molar-refractivity contribution is -0.137. The molecule has 1 aromatic rings. The van der Waals surface area contributed by atoms with Crippen molar-refractivity contribution < 1.29 is 14.0 Å². The number of carbonyl (C=O) groups excluding carboxylic acids is 2. The second-order valence-corrected chi connectivity index (χ2v) is 7.49. The minimum atomic E-state index is -0.513. The number of piperidine rings is 2. The quantitative estimate of drug-likeness (QED) is 0.767. The summed E-state index contributed by atoms with van der Waals surface area (Å²) < 4.78 is 14.6. The first-order valence-corrected chi connectivity index (χ1v) is 9.38. The second-order valence-electron chi connectivity index (χ2n) is 6.58. The Kier molecular flexibility index (Phi) is 5.54. The van der Waals surface area contributed by atoms with Crippen LogP contribution in [0.25, 0.3) is 0 Å². The van der Waals surface area contributed by atoms with Gasteiger partial charge in [-0.2, -0.15) is 0 Å². The van der Waals surface area contributed by atoms with Crippen LogP contribution in [-0.2, 0) is 4.79 Å². The third-order valence-corrected chi connectivity index (χ3v) is 5.45. The van der Waals surface area contributed by atoms with Crippen LogP contribution in [0.3, 0.4) is 0 Å². The molecule has 0 saturated carbocycles. The molecule has 2 heterocycles. The Hall–Kier alpha value is -1.43. The Bertz CT molecular complexity index is 623. The summed E-state index contributed by atoms with van der Waals surface area (Å²) >= 11 is 3.20. The van der Waals surface area contributed by atoms with Crippen molar-refractivity contribution in [3.8, 4) is 0 Å². The number of hydrogen-bond acceptors (Lipinski definition) is 2. The maximum absolute atomic E-state index is 14.0. The fraction of sp³-hybridized carbons (Fsp3) is 0.556. The largest absolute Gasteiger partial charge is 0.342 e. The Labute approximate surface area is 150 Å². The predicted octanol–water partition coefficient (Wildman–Crippen LogP) is 3.45. The van der Waals surface area contributed by atoms with Crippen molar-refractivity contribution in [1.82, 2.24) is 9.80 Å². The van der Waals surface area contributed by atoms with E-state index in [9.17, 15) is 14.0 Å². The number of amides is 2. The van der Waals surface area contributed by atoms with Gasteiger partial charge in [0, 0.05) is 36.6 Å². The lowest BCUT2D eigenvalue weighted by Crippen LogP contribution is -2.45. The van der Waals surface area contributed by atoms with E-state index < -0.39 is 5.82 Å². The molecule has 0 aliphatic carbocycles. The molecule has 0 bridgehead atoms. The third kappa shape index (κ3) is 3.79. The SMILES string of the molecule is O=C(c1ccc(Br)cc1F)N1CCC(C(=O)N2CCCCC2)CC1. The van der Waals surface area contributed by atoms with Crippen molar-refractivity contribution in [2.24, 2.45) is 5.92 Å². The van der Waals surface area contributed by atoms with E-state index in [0.717, 1.165) is 25.9 Å². The molecule has 2 amide bonds. The standard InChI is InChI=1S/C18H22BrFN2O2/c19-14-4-5-15(16(20)12-14)18(24)22-10-6-13(7-11-22)17(23)21-8-2-1-3-9-21/h4-5,12-13H,1-3,6-11H2. The fourth-order valence-electron chi connectivity index (χ4n) is 3.54. The Morgan fingerprint density at radius 1 is 1.00 bits per heavy atom. The summed E-state index contributed by atoms with van der Waals surface area (Å²) in [5, 5.41) is 0. The molecule has 0 radical (unpaired) electrons. The number of hydrogen-bond donors (Lipinski definition) is 0. The number of halogens is 2. The van der Waals surface area contributed by atoms with E-state index >= 15 is 0 Å². The van der Waals surface area contributed by atoms with Crippen LogP contribution in [0.4, 0.5) is 4.39 Å². The van der Waals surface area contributed by atoms with Crippen molar-refractivity contribution in [1.29, 1.82) is 0 Å². The lowest BCUT2D eigenvalue weighted by Gasteiger charge is -2.35. The second kappa shape index (κ2) is 7.64. The highest BCUT2D eigenvalue weighted by molar-refractivity contribution is 9.10. The summed E-state index contributed by atoms with van der Waals surface area (Å²) in [6.45, 7) is 2.75. The number of carbonyl (C=O) groups is 2. The maximum Gasteiger partial charge on any atom is 0.256 e. The van der Waals surface area contributed by atoms with Gasteiger partial charge in [-0.25, -0.2) is 4.39 Å². The van der Waals surface area contributed by atoms with Gasteiger partial charge < -0.3 is 9.80 Å². The van der Waals surface area contributed by atoms with Crippen LogP contribution in [0.2, 0.25) is 0 Å². The molecular weight excluding hydrogens is 375 g/mol. The average molecular weight is 397 g/mol. The topological polar surface area (TPSA) is 40.6 Å². The number of nitrogens with zero attached hydrogens (tertiary/aromatic N) is 2. The highest BCUT2D eigenvalue weighted by atomic mass is 79.9. The molecule has 6 heteroatoms. The van der Waals surface area contributed by atoms with E-state index in [1.165, 1.54) is 18.6 Å². The molecule has 0 N–H and O–H groups in total. The van der Waals surface area contributed by atoms with Crippen molar-refractivity contribution >= 4 is 27.7 Å². The van der Waals surface area contributed by atoms with Gasteiger partial charge in [0.05, 0.1) is 5.56 Å². The van der Waals surface area contributed by atoms with Crippen LogP contribution < -0.4 is 0 Å². The molecule has 130 valence electrons. The van der Waals surface area contributed by atoms with Gasteiger partial charge in [0.1, 0.15) is 5.82 Å². The lowest BCUT2D eigenvalue weighted by atomic mass is 9.94. The first-order valence-electron chi connectivity index (χ1n) is 8.59. The molecule has 2 aliphatic rings. The smallest absolute Gasteiger partial charge is 0.256 e. The molecular formula is C18H22BrFN2O2. The summed E-state index contributed by atoms with van der Waals surface area (Å²) in [7, 11) is 0. The van der Waals surface area contributed by atoms with Crippen LogP contribution in [0.1, 0.15) is 42.5 Å².